The Kier molecular flexibility index (Phi) is 8.07. The van der Waals surface area contributed by atoms with E-state index in [1.807, 2.05) is 19.9 Å². The van der Waals surface area contributed by atoms with E-state index < -0.39 is 0 Å². The Balaban J connectivity index is 0.000000271. The lowest BCUT2D eigenvalue weighted by molar-refractivity contribution is -0.117. The van der Waals surface area contributed by atoms with Crippen LogP contribution in [-0.4, -0.2) is 10.9 Å². The molecule has 150 valence electrons. The highest BCUT2D eigenvalue weighted by Crippen LogP contribution is 2.23. The van der Waals surface area contributed by atoms with E-state index in [4.69, 9.17) is 0 Å². The van der Waals surface area contributed by atoms with Gasteiger partial charge in [-0.05, 0) is 29.2 Å². The molecule has 1 amide bonds. The fraction of sp³-hybridized carbons (Fsp3) is 0.545. The van der Waals surface area contributed by atoms with Gasteiger partial charge >= 0.3 is 0 Å². The van der Waals surface area contributed by atoms with E-state index in [1.165, 1.54) is 5.56 Å². The van der Waals surface area contributed by atoms with E-state index in [2.05, 4.69) is 63.7 Å². The lowest BCUT2D eigenvalue weighted by atomic mass is 9.93. The molecule has 2 heterocycles. The molecule has 1 aromatic heterocycles. The summed E-state index contributed by atoms with van der Waals surface area (Å²) >= 11 is 0. The molecule has 0 bridgehead atoms. The molecular formula is C22H35N3O2. The molecule has 0 unspecified atom stereocenters. The number of aromatic nitrogens is 1. The standard InChI is InChI=1S/C11H18N2O.C11H17NO/c1-6(2)9-10(7(3)4)12-8(5)13-11(9)14;1-7(2)9-5-6-10(13)12-11(9)8(3)4/h6-7,12H,5H2,1-4H3,(H,13,14);5-8H,1-4H3,(H,12,13). The van der Waals surface area contributed by atoms with E-state index in [0.717, 1.165) is 17.0 Å². The summed E-state index contributed by atoms with van der Waals surface area (Å²) in [6.07, 6.45) is 0. The highest BCUT2D eigenvalue weighted by Gasteiger charge is 2.25. The van der Waals surface area contributed by atoms with E-state index in [1.54, 1.807) is 6.07 Å². The van der Waals surface area contributed by atoms with E-state index in [0.29, 0.717) is 23.6 Å². The molecule has 1 aliphatic heterocycles. The van der Waals surface area contributed by atoms with Crippen LogP contribution in [0.2, 0.25) is 0 Å². The molecule has 2 rings (SSSR count). The molecule has 0 fully saturated rings. The molecule has 1 aliphatic rings. The molecule has 3 N–H and O–H groups in total. The Labute approximate surface area is 163 Å². The molecule has 27 heavy (non-hydrogen) atoms. The van der Waals surface area contributed by atoms with Crippen LogP contribution >= 0.6 is 0 Å². The van der Waals surface area contributed by atoms with Gasteiger partial charge in [-0.15, -0.1) is 0 Å². The van der Waals surface area contributed by atoms with Crippen LogP contribution in [0, 0.1) is 11.8 Å². The minimum absolute atomic E-state index is 0.00639. The van der Waals surface area contributed by atoms with E-state index >= 15 is 0 Å². The van der Waals surface area contributed by atoms with Gasteiger partial charge < -0.3 is 15.6 Å². The van der Waals surface area contributed by atoms with E-state index in [9.17, 15) is 9.59 Å². The lowest BCUT2D eigenvalue weighted by Crippen LogP contribution is -2.41. The smallest absolute Gasteiger partial charge is 0.254 e. The SMILES string of the molecule is C=C1NC(=O)C(C(C)C)=C(C(C)C)N1.CC(C)c1ccc(=O)[nH]c1C(C)C. The second-order valence-corrected chi connectivity index (χ2v) is 8.20. The first-order valence-electron chi connectivity index (χ1n) is 9.70. The third-order valence-corrected chi connectivity index (χ3v) is 4.42. The van der Waals surface area contributed by atoms with Gasteiger partial charge in [-0.3, -0.25) is 9.59 Å². The van der Waals surface area contributed by atoms with Crippen molar-refractivity contribution in [2.75, 3.05) is 0 Å². The van der Waals surface area contributed by atoms with Gasteiger partial charge in [-0.1, -0.05) is 68.0 Å². The summed E-state index contributed by atoms with van der Waals surface area (Å²) in [5, 5.41) is 5.82. The average molecular weight is 374 g/mol. The first-order chi connectivity index (χ1) is 12.5. The lowest BCUT2D eigenvalue weighted by Gasteiger charge is -2.28. The van der Waals surface area contributed by atoms with Gasteiger partial charge in [0.2, 0.25) is 5.56 Å². The van der Waals surface area contributed by atoms with Gasteiger partial charge in [0.1, 0.15) is 5.82 Å². The summed E-state index contributed by atoms with van der Waals surface area (Å²) in [6.45, 7) is 20.4. The predicted molar refractivity (Wildman–Crippen MR) is 112 cm³/mol. The van der Waals surface area contributed by atoms with Crippen molar-refractivity contribution in [3.05, 3.63) is 57.4 Å². The number of nitrogens with one attached hydrogen (secondary N) is 3. The maximum atomic E-state index is 11.7. The highest BCUT2D eigenvalue weighted by molar-refractivity contribution is 5.96. The zero-order chi connectivity index (χ0) is 20.9. The Morgan fingerprint density at radius 3 is 1.81 bits per heavy atom. The summed E-state index contributed by atoms with van der Waals surface area (Å²) in [6, 6.07) is 3.53. The normalized spacial score (nSPS) is 14.5. The number of carbonyl (C=O) groups is 1. The van der Waals surface area contributed by atoms with Crippen LogP contribution < -0.4 is 16.2 Å². The molecule has 0 atom stereocenters. The number of hydrogen-bond donors (Lipinski definition) is 3. The molecule has 0 spiro atoms. The maximum absolute atomic E-state index is 11.7. The van der Waals surface area contributed by atoms with Crippen molar-refractivity contribution in [3.8, 4) is 0 Å². The minimum atomic E-state index is -0.0209. The van der Waals surface area contributed by atoms with Crippen molar-refractivity contribution < 1.29 is 4.79 Å². The molecule has 0 saturated heterocycles. The van der Waals surface area contributed by atoms with Gasteiger partial charge in [-0.25, -0.2) is 0 Å². The second-order valence-electron chi connectivity index (χ2n) is 8.20. The highest BCUT2D eigenvalue weighted by atomic mass is 16.2. The van der Waals surface area contributed by atoms with Crippen LogP contribution in [0.15, 0.2) is 40.6 Å². The number of pyridine rings is 1. The van der Waals surface area contributed by atoms with Crippen molar-refractivity contribution >= 4 is 5.91 Å². The third-order valence-electron chi connectivity index (χ3n) is 4.42. The Morgan fingerprint density at radius 2 is 1.37 bits per heavy atom. The van der Waals surface area contributed by atoms with Crippen molar-refractivity contribution in [3.63, 3.8) is 0 Å². The van der Waals surface area contributed by atoms with Gasteiger partial charge in [0.05, 0.1) is 0 Å². The quantitative estimate of drug-likeness (QED) is 0.734. The van der Waals surface area contributed by atoms with Crippen LogP contribution in [0.3, 0.4) is 0 Å². The maximum Gasteiger partial charge on any atom is 0.254 e. The van der Waals surface area contributed by atoms with Crippen molar-refractivity contribution in [1.82, 2.24) is 15.6 Å². The Morgan fingerprint density at radius 1 is 0.778 bits per heavy atom. The fourth-order valence-corrected chi connectivity index (χ4v) is 3.10. The first-order valence-corrected chi connectivity index (χ1v) is 9.70. The number of H-pyrrole nitrogens is 1. The molecule has 0 saturated carbocycles. The van der Waals surface area contributed by atoms with E-state index in [-0.39, 0.29) is 17.4 Å². The largest absolute Gasteiger partial charge is 0.345 e. The summed E-state index contributed by atoms with van der Waals surface area (Å²) in [5.74, 6) is 1.94. The topological polar surface area (TPSA) is 74.0 Å². The summed E-state index contributed by atoms with van der Waals surface area (Å²) in [5.41, 5.74) is 4.14. The van der Waals surface area contributed by atoms with Crippen molar-refractivity contribution in [1.29, 1.82) is 0 Å². The Bertz CT molecular complexity index is 768. The number of allylic oxidation sites excluding steroid dienone is 1. The average Bonchev–Trinajstić information content (AvgIpc) is 2.53. The zero-order valence-corrected chi connectivity index (χ0v) is 18.0. The fourth-order valence-electron chi connectivity index (χ4n) is 3.10. The zero-order valence-electron chi connectivity index (χ0n) is 18.0. The van der Waals surface area contributed by atoms with Crippen LogP contribution in [-0.2, 0) is 4.79 Å². The number of hydrogen-bond acceptors (Lipinski definition) is 3. The first kappa shape index (κ1) is 22.7. The van der Waals surface area contributed by atoms with Gasteiger partial charge in [0, 0.05) is 23.0 Å². The molecule has 1 aromatic rings. The predicted octanol–water partition coefficient (Wildman–Crippen LogP) is 4.36. The van der Waals surface area contributed by atoms with Gasteiger partial charge in [0.25, 0.3) is 5.91 Å². The number of carbonyl (C=O) groups excluding carboxylic acids is 1. The van der Waals surface area contributed by atoms with Crippen LogP contribution in [0.1, 0.15) is 78.5 Å². The minimum Gasteiger partial charge on any atom is -0.345 e. The number of aromatic amines is 1. The summed E-state index contributed by atoms with van der Waals surface area (Å²) in [7, 11) is 0. The molecule has 0 aromatic carbocycles. The Hall–Kier alpha value is -2.30. The second kappa shape index (κ2) is 9.58. The molecule has 5 nitrogen and oxygen atoms in total. The van der Waals surface area contributed by atoms with Gasteiger partial charge in [0.15, 0.2) is 0 Å². The van der Waals surface area contributed by atoms with Crippen LogP contribution in [0.4, 0.5) is 0 Å². The van der Waals surface area contributed by atoms with Crippen LogP contribution in [0.5, 0.6) is 0 Å². The molecule has 0 aliphatic carbocycles. The monoisotopic (exact) mass is 373 g/mol. The van der Waals surface area contributed by atoms with Crippen molar-refractivity contribution in [2.24, 2.45) is 11.8 Å². The number of amides is 1. The third kappa shape index (κ3) is 6.12. The molecule has 5 heteroatoms. The summed E-state index contributed by atoms with van der Waals surface area (Å²) < 4.78 is 0. The summed E-state index contributed by atoms with van der Waals surface area (Å²) in [4.78, 5) is 25.7. The number of rotatable bonds is 4. The van der Waals surface area contributed by atoms with Crippen LogP contribution in [0.25, 0.3) is 0 Å². The van der Waals surface area contributed by atoms with Crippen molar-refractivity contribution in [2.45, 2.75) is 67.2 Å². The van der Waals surface area contributed by atoms with Gasteiger partial charge in [-0.2, -0.15) is 0 Å². The molecular weight excluding hydrogens is 338 g/mol. The molecule has 0 radical (unpaired) electrons.